The molecule has 0 spiro atoms. The fourth-order valence-electron chi connectivity index (χ4n) is 7.14. The average molecular weight is 556 g/mol. The van der Waals surface area contributed by atoms with Crippen molar-refractivity contribution in [3.8, 4) is 0 Å². The van der Waals surface area contributed by atoms with Gasteiger partial charge in [0.2, 0.25) is 0 Å². The quantitative estimate of drug-likeness (QED) is 0.333. The molecule has 5 aliphatic rings. The van der Waals surface area contributed by atoms with E-state index in [-0.39, 0.29) is 11.6 Å². The molecule has 39 heavy (non-hydrogen) atoms. The molecule has 4 atom stereocenters. The van der Waals surface area contributed by atoms with Crippen molar-refractivity contribution in [3.05, 3.63) is 0 Å². The number of hydrogen-bond acceptors (Lipinski definition) is 6. The Morgan fingerprint density at radius 1 is 0.769 bits per heavy atom. The van der Waals surface area contributed by atoms with E-state index >= 15 is 0 Å². The van der Waals surface area contributed by atoms with Crippen LogP contribution in [0.5, 0.6) is 0 Å². The van der Waals surface area contributed by atoms with Gasteiger partial charge in [-0.3, -0.25) is 9.80 Å². The zero-order chi connectivity index (χ0) is 28.5. The maximum absolute atomic E-state index is 13.3. The van der Waals surface area contributed by atoms with Crippen molar-refractivity contribution in [2.75, 3.05) is 59.6 Å². The highest BCUT2D eigenvalue weighted by atomic mass is 19.1. The van der Waals surface area contributed by atoms with E-state index in [1.54, 1.807) is 0 Å². The minimum absolute atomic E-state index is 0.0453. The van der Waals surface area contributed by atoms with Crippen LogP contribution in [0.3, 0.4) is 0 Å². The van der Waals surface area contributed by atoms with Gasteiger partial charge in [-0.05, 0) is 126 Å². The predicted molar refractivity (Wildman–Crippen MR) is 159 cm³/mol. The molecule has 4 unspecified atom stereocenters. The number of rotatable bonds is 10. The Bertz CT molecular complexity index is 686. The molecule has 5 aliphatic heterocycles. The minimum Gasteiger partial charge on any atom is -0.377 e. The molecule has 6 nitrogen and oxygen atoms in total. The standard InChI is InChI=1S/C11H20FNO.C11H21NO.C10H21NO/c1-9(2)14-8-11-4-3-5-13(11)7-10(12)6-11;1-10(2)13-9-11-5-3-7-12(11)8-4-6-11;1-4-9(2)12-8-10-6-5-7-11(10)3/h9-10H,3-8H2,1-2H3;10H,3-9H2,1-2H3;9-10H,4-8H2,1-3H3. The Morgan fingerprint density at radius 3 is 1.87 bits per heavy atom. The van der Waals surface area contributed by atoms with Gasteiger partial charge in [-0.15, -0.1) is 0 Å². The summed E-state index contributed by atoms with van der Waals surface area (Å²) in [6, 6.07) is 0.680. The van der Waals surface area contributed by atoms with Gasteiger partial charge in [-0.1, -0.05) is 6.92 Å². The Kier molecular flexibility index (Phi) is 13.4. The molecule has 0 aromatic rings. The van der Waals surface area contributed by atoms with Crippen LogP contribution in [0, 0.1) is 0 Å². The molecule has 0 aliphatic carbocycles. The van der Waals surface area contributed by atoms with Crippen molar-refractivity contribution in [2.45, 2.75) is 147 Å². The van der Waals surface area contributed by atoms with Gasteiger partial charge in [0.25, 0.3) is 0 Å². The third kappa shape index (κ3) is 9.61. The van der Waals surface area contributed by atoms with E-state index in [2.05, 4.69) is 49.4 Å². The summed E-state index contributed by atoms with van der Waals surface area (Å²) in [5.41, 5.74) is 0.494. The summed E-state index contributed by atoms with van der Waals surface area (Å²) < 4.78 is 30.5. The predicted octanol–water partition coefficient (Wildman–Crippen LogP) is 5.92. The van der Waals surface area contributed by atoms with E-state index in [1.165, 1.54) is 64.6 Å². The van der Waals surface area contributed by atoms with Crippen molar-refractivity contribution >= 4 is 0 Å². The summed E-state index contributed by atoms with van der Waals surface area (Å²) in [6.45, 7) is 20.8. The number of likely N-dealkylation sites (tertiary alicyclic amines) is 1. The van der Waals surface area contributed by atoms with Crippen LogP contribution in [-0.4, -0.2) is 116 Å². The number of alkyl halides is 1. The Labute approximate surface area is 240 Å². The molecule has 7 heteroatoms. The summed E-state index contributed by atoms with van der Waals surface area (Å²) in [5, 5.41) is 0. The number of hydrogen-bond donors (Lipinski definition) is 0. The topological polar surface area (TPSA) is 37.4 Å². The monoisotopic (exact) mass is 555 g/mol. The van der Waals surface area contributed by atoms with Crippen LogP contribution >= 0.6 is 0 Å². The van der Waals surface area contributed by atoms with Crippen LogP contribution in [0.1, 0.15) is 106 Å². The first-order valence-electron chi connectivity index (χ1n) is 16.3. The molecule has 0 amide bonds. The normalized spacial score (nSPS) is 31.2. The van der Waals surface area contributed by atoms with Crippen LogP contribution in [0.25, 0.3) is 0 Å². The van der Waals surface area contributed by atoms with Crippen molar-refractivity contribution < 1.29 is 18.6 Å². The molecular weight excluding hydrogens is 493 g/mol. The van der Waals surface area contributed by atoms with E-state index in [1.807, 2.05) is 13.8 Å². The van der Waals surface area contributed by atoms with E-state index in [9.17, 15) is 4.39 Å². The maximum atomic E-state index is 13.3. The molecule has 0 saturated carbocycles. The molecule has 0 radical (unpaired) electrons. The van der Waals surface area contributed by atoms with Crippen molar-refractivity contribution in [1.29, 1.82) is 0 Å². The third-order valence-corrected chi connectivity index (χ3v) is 9.76. The van der Waals surface area contributed by atoms with Crippen LogP contribution in [0.2, 0.25) is 0 Å². The summed E-state index contributed by atoms with van der Waals surface area (Å²) in [5.74, 6) is 0. The van der Waals surface area contributed by atoms with E-state index < -0.39 is 6.17 Å². The van der Waals surface area contributed by atoms with Gasteiger partial charge in [0.1, 0.15) is 6.17 Å². The number of fused-ring (bicyclic) bond motifs is 2. The second kappa shape index (κ2) is 15.8. The summed E-state index contributed by atoms with van der Waals surface area (Å²) >= 11 is 0. The largest absolute Gasteiger partial charge is 0.377 e. The zero-order valence-corrected chi connectivity index (χ0v) is 26.6. The number of nitrogens with zero attached hydrogens (tertiary/aromatic N) is 3. The minimum atomic E-state index is -0.633. The van der Waals surface area contributed by atoms with Crippen molar-refractivity contribution in [2.24, 2.45) is 0 Å². The molecule has 5 fully saturated rings. The van der Waals surface area contributed by atoms with Crippen molar-refractivity contribution in [1.82, 2.24) is 14.7 Å². The second-order valence-corrected chi connectivity index (χ2v) is 13.5. The molecular formula is C32H62FN3O3. The Balaban J connectivity index is 0.000000162. The zero-order valence-electron chi connectivity index (χ0n) is 26.6. The second-order valence-electron chi connectivity index (χ2n) is 13.5. The Hall–Kier alpha value is -0.310. The van der Waals surface area contributed by atoms with Crippen LogP contribution in [-0.2, 0) is 14.2 Å². The van der Waals surface area contributed by atoms with E-state index in [4.69, 9.17) is 14.2 Å². The molecule has 5 heterocycles. The first-order chi connectivity index (χ1) is 18.6. The number of ether oxygens (including phenoxy) is 3. The first kappa shape index (κ1) is 33.2. The summed E-state index contributed by atoms with van der Waals surface area (Å²) in [4.78, 5) is 7.35. The number of likely N-dealkylation sites (N-methyl/N-ethyl adjacent to an activating group) is 1. The van der Waals surface area contributed by atoms with Gasteiger partial charge in [-0.25, -0.2) is 4.39 Å². The fraction of sp³-hybridized carbons (Fsp3) is 1.00. The lowest BCUT2D eigenvalue weighted by Crippen LogP contribution is -2.43. The average Bonchev–Trinajstić information content (AvgIpc) is 3.68. The smallest absolute Gasteiger partial charge is 0.115 e. The third-order valence-electron chi connectivity index (χ3n) is 9.76. The fourth-order valence-corrected chi connectivity index (χ4v) is 7.14. The highest BCUT2D eigenvalue weighted by Crippen LogP contribution is 2.40. The van der Waals surface area contributed by atoms with E-state index in [0.717, 1.165) is 32.6 Å². The lowest BCUT2D eigenvalue weighted by molar-refractivity contribution is 0.00276. The van der Waals surface area contributed by atoms with Gasteiger partial charge in [0, 0.05) is 30.1 Å². The number of halogens is 1. The highest BCUT2D eigenvalue weighted by Gasteiger charge is 2.49. The highest BCUT2D eigenvalue weighted by molar-refractivity contribution is 5.03. The molecule has 230 valence electrons. The maximum Gasteiger partial charge on any atom is 0.115 e. The van der Waals surface area contributed by atoms with Gasteiger partial charge in [0.15, 0.2) is 0 Å². The molecule has 0 aromatic carbocycles. The molecule has 0 aromatic heterocycles. The summed E-state index contributed by atoms with van der Waals surface area (Å²) in [7, 11) is 2.19. The van der Waals surface area contributed by atoms with Gasteiger partial charge in [-0.2, -0.15) is 0 Å². The van der Waals surface area contributed by atoms with Gasteiger partial charge in [0.05, 0.1) is 38.1 Å². The molecule has 5 rings (SSSR count). The van der Waals surface area contributed by atoms with Crippen LogP contribution in [0.4, 0.5) is 4.39 Å². The lowest BCUT2D eigenvalue weighted by atomic mass is 9.95. The lowest BCUT2D eigenvalue weighted by Gasteiger charge is -2.32. The summed E-state index contributed by atoms with van der Waals surface area (Å²) in [6.07, 6.45) is 12.7. The molecule has 5 saturated heterocycles. The van der Waals surface area contributed by atoms with Gasteiger partial charge >= 0.3 is 0 Å². The van der Waals surface area contributed by atoms with Crippen molar-refractivity contribution in [3.63, 3.8) is 0 Å². The molecule has 0 N–H and O–H groups in total. The molecule has 0 bridgehead atoms. The van der Waals surface area contributed by atoms with Gasteiger partial charge < -0.3 is 19.1 Å². The Morgan fingerprint density at radius 2 is 1.33 bits per heavy atom. The first-order valence-corrected chi connectivity index (χ1v) is 16.3. The van der Waals surface area contributed by atoms with E-state index in [0.29, 0.717) is 43.4 Å². The van der Waals surface area contributed by atoms with Crippen LogP contribution < -0.4 is 0 Å². The SMILES string of the molecule is CC(C)OCC12CCCN1CC(F)C2.CC(C)OCC12CCCN1CCC2.CCC(C)OCC1CCCN1C. The van der Waals surface area contributed by atoms with Crippen LogP contribution in [0.15, 0.2) is 0 Å².